The van der Waals surface area contributed by atoms with Crippen molar-refractivity contribution in [3.05, 3.63) is 29.8 Å². The molecule has 0 aliphatic carbocycles. The highest BCUT2D eigenvalue weighted by Crippen LogP contribution is 2.18. The van der Waals surface area contributed by atoms with Gasteiger partial charge in [0.1, 0.15) is 5.75 Å². The third-order valence-corrected chi connectivity index (χ3v) is 2.76. The molecule has 0 spiro atoms. The number of aliphatic hydroxyl groups is 1. The zero-order valence-corrected chi connectivity index (χ0v) is 14.1. The summed E-state index contributed by atoms with van der Waals surface area (Å²) in [5.41, 5.74) is 5.77. The van der Waals surface area contributed by atoms with Crippen LogP contribution in [0.2, 0.25) is 0 Å². The summed E-state index contributed by atoms with van der Waals surface area (Å²) in [5, 5.41) is 14.9. The number of hydrogen-bond donors (Lipinski definition) is 4. The Labute approximate surface area is 142 Å². The van der Waals surface area contributed by atoms with Gasteiger partial charge in [0.25, 0.3) is 0 Å². The molecular formula is C15H24ClN3O4. The number of aliphatic hydroxyl groups excluding tert-OH is 1. The zero-order valence-electron chi connectivity index (χ0n) is 13.2. The van der Waals surface area contributed by atoms with Gasteiger partial charge >= 0.3 is 0 Å². The Bertz CT molecular complexity index is 494. The molecule has 7 nitrogen and oxygen atoms in total. The van der Waals surface area contributed by atoms with Gasteiger partial charge in [-0.3, -0.25) is 9.59 Å². The van der Waals surface area contributed by atoms with Gasteiger partial charge in [-0.15, -0.1) is 12.4 Å². The fraction of sp³-hybridized carbons (Fsp3) is 0.467. The maximum Gasteiger partial charge on any atom is 0.239 e. The Morgan fingerprint density at radius 1 is 1.17 bits per heavy atom. The average Bonchev–Trinajstić information content (AvgIpc) is 2.50. The Morgan fingerprint density at radius 3 is 2.30 bits per heavy atom. The molecule has 0 aromatic heterocycles. The van der Waals surface area contributed by atoms with Gasteiger partial charge in [0.15, 0.2) is 0 Å². The molecule has 1 aromatic carbocycles. The molecule has 5 N–H and O–H groups in total. The van der Waals surface area contributed by atoms with Gasteiger partial charge in [-0.25, -0.2) is 0 Å². The predicted molar refractivity (Wildman–Crippen MR) is 89.5 cm³/mol. The molecule has 1 atom stereocenters. The number of hydrogen-bond acceptors (Lipinski definition) is 5. The Hall–Kier alpha value is -1.83. The highest BCUT2D eigenvalue weighted by Gasteiger charge is 2.10. The van der Waals surface area contributed by atoms with Crippen LogP contribution < -0.4 is 21.1 Å². The third kappa shape index (κ3) is 8.39. The second-order valence-electron chi connectivity index (χ2n) is 5.04. The minimum atomic E-state index is -0.831. The first kappa shape index (κ1) is 21.2. The van der Waals surface area contributed by atoms with E-state index in [1.807, 2.05) is 13.8 Å². The van der Waals surface area contributed by atoms with Crippen LogP contribution in [-0.2, 0) is 9.59 Å². The van der Waals surface area contributed by atoms with E-state index in [0.717, 1.165) is 5.75 Å². The molecule has 0 aliphatic heterocycles. The van der Waals surface area contributed by atoms with E-state index in [1.54, 1.807) is 24.3 Å². The molecule has 0 bridgehead atoms. The van der Waals surface area contributed by atoms with Crippen LogP contribution in [-0.4, -0.2) is 42.7 Å². The summed E-state index contributed by atoms with van der Waals surface area (Å²) < 4.78 is 5.51. The SMILES string of the molecule is CC(C)Oc1ccc(C(O)CNC(=O)CNC(=O)CN)cc1.Cl. The summed E-state index contributed by atoms with van der Waals surface area (Å²) in [6.07, 6.45) is -0.749. The number of benzene rings is 1. The molecule has 0 fully saturated rings. The van der Waals surface area contributed by atoms with Crippen LogP contribution in [0.4, 0.5) is 0 Å². The van der Waals surface area contributed by atoms with Crippen molar-refractivity contribution in [2.75, 3.05) is 19.6 Å². The monoisotopic (exact) mass is 345 g/mol. The fourth-order valence-corrected chi connectivity index (χ4v) is 1.68. The Kier molecular flexibility index (Phi) is 9.96. The largest absolute Gasteiger partial charge is 0.491 e. The molecule has 0 radical (unpaired) electrons. The summed E-state index contributed by atoms with van der Waals surface area (Å²) in [6.45, 7) is 3.59. The molecule has 1 aromatic rings. The van der Waals surface area contributed by atoms with Crippen LogP contribution in [0.15, 0.2) is 24.3 Å². The van der Waals surface area contributed by atoms with Crippen molar-refractivity contribution in [2.24, 2.45) is 5.73 Å². The number of nitrogens with one attached hydrogen (secondary N) is 2. The van der Waals surface area contributed by atoms with Crippen molar-refractivity contribution in [1.82, 2.24) is 10.6 Å². The second kappa shape index (κ2) is 10.8. The van der Waals surface area contributed by atoms with Crippen molar-refractivity contribution in [3.8, 4) is 5.75 Å². The minimum Gasteiger partial charge on any atom is -0.491 e. The first-order chi connectivity index (χ1) is 10.4. The van der Waals surface area contributed by atoms with Crippen molar-refractivity contribution < 1.29 is 19.4 Å². The molecule has 0 saturated heterocycles. The normalized spacial score (nSPS) is 11.3. The second-order valence-corrected chi connectivity index (χ2v) is 5.04. The predicted octanol–water partition coefficient (Wildman–Crippen LogP) is 0.120. The maximum atomic E-state index is 11.5. The molecule has 23 heavy (non-hydrogen) atoms. The Balaban J connectivity index is 0.00000484. The molecule has 1 unspecified atom stereocenters. The molecule has 2 amide bonds. The van der Waals surface area contributed by atoms with Crippen LogP contribution >= 0.6 is 12.4 Å². The van der Waals surface area contributed by atoms with Gasteiger partial charge in [0, 0.05) is 6.54 Å². The van der Waals surface area contributed by atoms with E-state index in [4.69, 9.17) is 10.5 Å². The lowest BCUT2D eigenvalue weighted by Gasteiger charge is -2.14. The van der Waals surface area contributed by atoms with E-state index in [1.165, 1.54) is 0 Å². The van der Waals surface area contributed by atoms with E-state index in [2.05, 4.69) is 10.6 Å². The van der Waals surface area contributed by atoms with E-state index in [0.29, 0.717) is 5.56 Å². The molecular weight excluding hydrogens is 322 g/mol. The van der Waals surface area contributed by atoms with Gasteiger partial charge in [0.05, 0.1) is 25.3 Å². The van der Waals surface area contributed by atoms with E-state index < -0.39 is 12.0 Å². The fourth-order valence-electron chi connectivity index (χ4n) is 1.68. The number of carbonyl (C=O) groups is 2. The van der Waals surface area contributed by atoms with Crippen LogP contribution in [0.3, 0.4) is 0 Å². The van der Waals surface area contributed by atoms with Gasteiger partial charge in [0.2, 0.25) is 11.8 Å². The van der Waals surface area contributed by atoms with Gasteiger partial charge in [-0.05, 0) is 31.5 Å². The van der Waals surface area contributed by atoms with Crippen molar-refractivity contribution in [3.63, 3.8) is 0 Å². The van der Waals surface area contributed by atoms with E-state index >= 15 is 0 Å². The molecule has 8 heteroatoms. The zero-order chi connectivity index (χ0) is 16.5. The molecule has 0 heterocycles. The average molecular weight is 346 g/mol. The van der Waals surface area contributed by atoms with Gasteiger partial charge in [-0.1, -0.05) is 12.1 Å². The lowest BCUT2D eigenvalue weighted by Crippen LogP contribution is -2.40. The summed E-state index contributed by atoms with van der Waals surface area (Å²) >= 11 is 0. The number of ether oxygens (including phenoxy) is 1. The van der Waals surface area contributed by atoms with E-state index in [9.17, 15) is 14.7 Å². The lowest BCUT2D eigenvalue weighted by molar-refractivity contribution is -0.125. The summed E-state index contributed by atoms with van der Waals surface area (Å²) in [6, 6.07) is 7.01. The topological polar surface area (TPSA) is 114 Å². The summed E-state index contributed by atoms with van der Waals surface area (Å²) in [5.74, 6) is -0.0727. The van der Waals surface area contributed by atoms with Crippen LogP contribution in [0, 0.1) is 0 Å². The van der Waals surface area contributed by atoms with Gasteiger partial charge in [-0.2, -0.15) is 0 Å². The third-order valence-electron chi connectivity index (χ3n) is 2.76. The van der Waals surface area contributed by atoms with Crippen LogP contribution in [0.1, 0.15) is 25.5 Å². The summed E-state index contributed by atoms with van der Waals surface area (Å²) in [4.78, 5) is 22.4. The lowest BCUT2D eigenvalue weighted by atomic mass is 10.1. The smallest absolute Gasteiger partial charge is 0.239 e. The first-order valence-electron chi connectivity index (χ1n) is 7.10. The Morgan fingerprint density at radius 2 is 1.78 bits per heavy atom. The van der Waals surface area contributed by atoms with Crippen LogP contribution in [0.25, 0.3) is 0 Å². The minimum absolute atomic E-state index is 0. The molecule has 130 valence electrons. The van der Waals surface area contributed by atoms with Gasteiger partial charge < -0.3 is 26.2 Å². The number of halogens is 1. The quantitative estimate of drug-likeness (QED) is 0.534. The standard InChI is InChI=1S/C15H23N3O4.ClH/c1-10(2)22-12-5-3-11(4-6-12)13(19)8-17-15(21)9-18-14(20)7-16;/h3-6,10,13,19H,7-9,16H2,1-2H3,(H,17,21)(H,18,20);1H. The van der Waals surface area contributed by atoms with Crippen molar-refractivity contribution in [1.29, 1.82) is 0 Å². The number of nitrogens with two attached hydrogens (primary N) is 1. The summed E-state index contributed by atoms with van der Waals surface area (Å²) in [7, 11) is 0. The molecule has 0 saturated carbocycles. The number of carbonyl (C=O) groups excluding carboxylic acids is 2. The maximum absolute atomic E-state index is 11.5. The number of amides is 2. The highest BCUT2D eigenvalue weighted by atomic mass is 35.5. The van der Waals surface area contributed by atoms with Crippen molar-refractivity contribution >= 4 is 24.2 Å². The number of rotatable bonds is 8. The van der Waals surface area contributed by atoms with E-state index in [-0.39, 0.29) is 44.1 Å². The molecule has 0 aliphatic rings. The van der Waals surface area contributed by atoms with Crippen LogP contribution in [0.5, 0.6) is 5.75 Å². The highest BCUT2D eigenvalue weighted by molar-refractivity contribution is 5.85. The first-order valence-corrected chi connectivity index (χ1v) is 7.10. The molecule has 1 rings (SSSR count). The van der Waals surface area contributed by atoms with Crippen molar-refractivity contribution in [2.45, 2.75) is 26.1 Å².